The van der Waals surface area contributed by atoms with Crippen LogP contribution in [0.2, 0.25) is 0 Å². The summed E-state index contributed by atoms with van der Waals surface area (Å²) >= 11 is 1.30. The van der Waals surface area contributed by atoms with E-state index in [0.717, 1.165) is 15.1 Å². The van der Waals surface area contributed by atoms with E-state index in [1.807, 2.05) is 4.90 Å². The summed E-state index contributed by atoms with van der Waals surface area (Å²) in [5.41, 5.74) is 1.44. The molecule has 1 N–H and O–H groups in total. The number of methoxy groups -OCH3 is 1. The van der Waals surface area contributed by atoms with Crippen molar-refractivity contribution in [2.24, 2.45) is 0 Å². The number of aromatic nitrogens is 3. The van der Waals surface area contributed by atoms with Crippen molar-refractivity contribution in [3.63, 3.8) is 0 Å². The van der Waals surface area contributed by atoms with Gasteiger partial charge >= 0.3 is 11.7 Å². The van der Waals surface area contributed by atoms with E-state index in [4.69, 9.17) is 4.74 Å². The van der Waals surface area contributed by atoms with Crippen molar-refractivity contribution >= 4 is 39.1 Å². The highest BCUT2D eigenvalue weighted by Gasteiger charge is 2.26. The second kappa shape index (κ2) is 8.58. The second-order valence-corrected chi connectivity index (χ2v) is 8.60. The summed E-state index contributed by atoms with van der Waals surface area (Å²) in [6.07, 6.45) is 0. The average Bonchev–Trinajstić information content (AvgIpc) is 3.17. The van der Waals surface area contributed by atoms with Gasteiger partial charge in [-0.25, -0.2) is 14.6 Å². The van der Waals surface area contributed by atoms with E-state index in [2.05, 4.69) is 9.97 Å². The summed E-state index contributed by atoms with van der Waals surface area (Å²) in [4.78, 5) is 60.5. The number of aryl methyl sites for hydroxylation is 1. The molecule has 4 heterocycles. The molecule has 3 aromatic heterocycles. The highest BCUT2D eigenvalue weighted by molar-refractivity contribution is 7.18. The van der Waals surface area contributed by atoms with Crippen LogP contribution >= 0.6 is 11.3 Å². The Balaban J connectivity index is 1.49. The Labute approximate surface area is 187 Å². The molecule has 3 aromatic rings. The predicted molar refractivity (Wildman–Crippen MR) is 120 cm³/mol. The van der Waals surface area contributed by atoms with Gasteiger partial charge in [0.2, 0.25) is 5.91 Å². The van der Waals surface area contributed by atoms with Gasteiger partial charge < -0.3 is 19.5 Å². The number of pyridine rings is 1. The number of ether oxygens (including phenoxy) is 1. The Kier molecular flexibility index (Phi) is 5.83. The highest BCUT2D eigenvalue weighted by atomic mass is 32.1. The number of H-pyrrole nitrogens is 1. The Hall–Kier alpha value is -3.47. The SMILES string of the molecule is CCn1c(=O)[nH]c2cc(CN3CCN(c4ccc(C(=O)OC)nc4C)CC3=O)sc2c1=O. The first kappa shape index (κ1) is 21.8. The third-order valence-electron chi connectivity index (χ3n) is 5.48. The molecule has 0 atom stereocenters. The van der Waals surface area contributed by atoms with Crippen LogP contribution in [-0.2, 0) is 22.6 Å². The van der Waals surface area contributed by atoms with Crippen molar-refractivity contribution in [3.05, 3.63) is 55.3 Å². The molecule has 1 aliphatic heterocycles. The molecule has 0 radical (unpaired) electrons. The second-order valence-electron chi connectivity index (χ2n) is 7.46. The zero-order valence-corrected chi connectivity index (χ0v) is 18.8. The number of fused-ring (bicyclic) bond motifs is 1. The lowest BCUT2D eigenvalue weighted by Gasteiger charge is -2.36. The highest BCUT2D eigenvalue weighted by Crippen LogP contribution is 2.25. The summed E-state index contributed by atoms with van der Waals surface area (Å²) < 4.78 is 6.34. The summed E-state index contributed by atoms with van der Waals surface area (Å²) in [6, 6.07) is 5.13. The number of piperazine rings is 1. The fourth-order valence-electron chi connectivity index (χ4n) is 3.83. The van der Waals surface area contributed by atoms with E-state index in [-0.39, 0.29) is 23.7 Å². The number of anilines is 1. The number of carbonyl (C=O) groups is 2. The van der Waals surface area contributed by atoms with E-state index in [9.17, 15) is 19.2 Å². The summed E-state index contributed by atoms with van der Waals surface area (Å²) in [5, 5.41) is 0. The molecule has 10 nitrogen and oxygen atoms in total. The van der Waals surface area contributed by atoms with Gasteiger partial charge in [-0.15, -0.1) is 11.3 Å². The van der Waals surface area contributed by atoms with Crippen LogP contribution in [0.4, 0.5) is 5.69 Å². The Bertz CT molecular complexity index is 1320. The minimum Gasteiger partial charge on any atom is -0.464 e. The van der Waals surface area contributed by atoms with Crippen molar-refractivity contribution in [1.29, 1.82) is 0 Å². The Morgan fingerprint density at radius 3 is 2.69 bits per heavy atom. The molecule has 1 fully saturated rings. The van der Waals surface area contributed by atoms with Gasteiger partial charge in [0.1, 0.15) is 10.4 Å². The van der Waals surface area contributed by atoms with Gasteiger partial charge in [-0.2, -0.15) is 0 Å². The normalized spacial score (nSPS) is 14.3. The first-order valence-corrected chi connectivity index (χ1v) is 11.0. The van der Waals surface area contributed by atoms with Gasteiger partial charge in [-0.3, -0.25) is 14.2 Å². The molecule has 4 rings (SSSR count). The van der Waals surface area contributed by atoms with Gasteiger partial charge in [0, 0.05) is 24.5 Å². The fraction of sp³-hybridized carbons (Fsp3) is 0.381. The van der Waals surface area contributed by atoms with Crippen LogP contribution in [0, 0.1) is 6.92 Å². The molecule has 0 bridgehead atoms. The number of aromatic amines is 1. The topological polar surface area (TPSA) is 118 Å². The first-order chi connectivity index (χ1) is 15.3. The predicted octanol–water partition coefficient (Wildman–Crippen LogP) is 1.11. The number of esters is 1. The average molecular weight is 458 g/mol. The van der Waals surface area contributed by atoms with E-state index < -0.39 is 11.7 Å². The summed E-state index contributed by atoms with van der Waals surface area (Å²) in [6.45, 7) is 5.50. The zero-order valence-electron chi connectivity index (χ0n) is 18.0. The van der Waals surface area contributed by atoms with Crippen molar-refractivity contribution in [2.75, 3.05) is 31.6 Å². The number of nitrogens with zero attached hydrogens (tertiary/aromatic N) is 4. The standard InChI is InChI=1S/C21H23N5O5S/c1-4-26-19(28)18-15(23-21(26)30)9-13(32-18)10-25-8-7-24(11-17(25)27)16-6-5-14(20(29)31-3)22-12(16)2/h5-6,9H,4,7-8,10-11H2,1-3H3,(H,23,30). The monoisotopic (exact) mass is 457 g/mol. The van der Waals surface area contributed by atoms with Gasteiger partial charge in [-0.1, -0.05) is 0 Å². The number of thiophene rings is 1. The van der Waals surface area contributed by atoms with E-state index >= 15 is 0 Å². The number of carbonyl (C=O) groups excluding carboxylic acids is 2. The lowest BCUT2D eigenvalue weighted by Crippen LogP contribution is -2.50. The Morgan fingerprint density at radius 1 is 1.25 bits per heavy atom. The van der Waals surface area contributed by atoms with Gasteiger partial charge in [-0.05, 0) is 32.0 Å². The van der Waals surface area contributed by atoms with Crippen molar-refractivity contribution < 1.29 is 14.3 Å². The third-order valence-corrected chi connectivity index (χ3v) is 6.59. The van der Waals surface area contributed by atoms with E-state index in [1.165, 1.54) is 18.4 Å². The fourth-order valence-corrected chi connectivity index (χ4v) is 4.91. The Morgan fingerprint density at radius 2 is 2.03 bits per heavy atom. The minimum atomic E-state index is -0.504. The summed E-state index contributed by atoms with van der Waals surface area (Å²) in [5.74, 6) is -0.555. The van der Waals surface area contributed by atoms with Gasteiger partial charge in [0.15, 0.2) is 0 Å². The maximum atomic E-state index is 12.8. The summed E-state index contributed by atoms with van der Waals surface area (Å²) in [7, 11) is 1.30. The number of hydrogen-bond donors (Lipinski definition) is 1. The molecule has 1 saturated heterocycles. The quantitative estimate of drug-likeness (QED) is 0.570. The molecule has 0 unspecified atom stereocenters. The third kappa shape index (κ3) is 3.91. The molecular formula is C21H23N5O5S. The van der Waals surface area contributed by atoms with Gasteiger partial charge in [0.05, 0.1) is 37.1 Å². The largest absolute Gasteiger partial charge is 0.464 e. The number of amides is 1. The van der Waals surface area contributed by atoms with Crippen LogP contribution in [0.25, 0.3) is 10.2 Å². The lowest BCUT2D eigenvalue weighted by molar-refractivity contribution is -0.131. The molecule has 32 heavy (non-hydrogen) atoms. The van der Waals surface area contributed by atoms with Crippen LogP contribution in [0.15, 0.2) is 27.8 Å². The maximum absolute atomic E-state index is 12.8. The van der Waals surface area contributed by atoms with E-state index in [0.29, 0.717) is 42.1 Å². The smallest absolute Gasteiger partial charge is 0.356 e. The zero-order chi connectivity index (χ0) is 23.0. The van der Waals surface area contributed by atoms with Crippen LogP contribution in [-0.4, -0.2) is 58.1 Å². The van der Waals surface area contributed by atoms with Crippen LogP contribution in [0.5, 0.6) is 0 Å². The number of hydrogen-bond acceptors (Lipinski definition) is 8. The van der Waals surface area contributed by atoms with Crippen molar-refractivity contribution in [1.82, 2.24) is 19.4 Å². The first-order valence-electron chi connectivity index (χ1n) is 10.2. The molecule has 1 aliphatic rings. The lowest BCUT2D eigenvalue weighted by atomic mass is 10.2. The maximum Gasteiger partial charge on any atom is 0.356 e. The molecule has 168 valence electrons. The number of rotatable bonds is 5. The van der Waals surface area contributed by atoms with Crippen LogP contribution in [0.1, 0.15) is 28.0 Å². The van der Waals surface area contributed by atoms with Crippen molar-refractivity contribution in [2.45, 2.75) is 26.9 Å². The van der Waals surface area contributed by atoms with Crippen molar-refractivity contribution in [3.8, 4) is 0 Å². The molecule has 0 spiro atoms. The molecule has 0 aliphatic carbocycles. The van der Waals surface area contributed by atoms with Crippen LogP contribution < -0.4 is 16.1 Å². The molecule has 1 amide bonds. The molecule has 11 heteroatoms. The van der Waals surface area contributed by atoms with Crippen LogP contribution in [0.3, 0.4) is 0 Å². The molecule has 0 saturated carbocycles. The minimum absolute atomic E-state index is 0.0513. The van der Waals surface area contributed by atoms with Gasteiger partial charge in [0.25, 0.3) is 5.56 Å². The molecule has 0 aromatic carbocycles. The molecular weight excluding hydrogens is 434 g/mol. The van der Waals surface area contributed by atoms with E-state index in [1.54, 1.807) is 36.9 Å². The number of nitrogens with one attached hydrogen (secondary N) is 1.